The van der Waals surface area contributed by atoms with Gasteiger partial charge in [-0.2, -0.15) is 0 Å². The predicted octanol–water partition coefficient (Wildman–Crippen LogP) is 4.71. The van der Waals surface area contributed by atoms with E-state index in [1.165, 1.54) is 29.9 Å². The number of hydroxylamine groups is 1. The maximum absolute atomic E-state index is 13.8. The Labute approximate surface area is 237 Å². The van der Waals surface area contributed by atoms with Crippen molar-refractivity contribution in [3.05, 3.63) is 66.0 Å². The Morgan fingerprint density at radius 3 is 2.36 bits per heavy atom. The van der Waals surface area contributed by atoms with Gasteiger partial charge in [-0.25, -0.2) is 19.2 Å². The lowest BCUT2D eigenvalue weighted by atomic mass is 9.72. The van der Waals surface area contributed by atoms with Crippen LogP contribution in [0.4, 0.5) is 22.0 Å². The molecule has 4 rings (SSSR count). The third-order valence-electron chi connectivity index (χ3n) is 7.44. The lowest BCUT2D eigenvalue weighted by Crippen LogP contribution is -2.53. The highest BCUT2D eigenvalue weighted by Crippen LogP contribution is 2.42. The summed E-state index contributed by atoms with van der Waals surface area (Å²) in [6.45, 7) is 0. The van der Waals surface area contributed by atoms with Gasteiger partial charge in [0.25, 0.3) is 11.8 Å². The standard InChI is InChI=1S/C28H29F5N4O5/c29-26(30)12-9-18(10-13-26)27(40,25(39)37-41)14-11-19(15-17-5-1-4-8-23(17)42-28(31,32)33)35-24(38)22-16-34-20-6-2-3-7-21(20)36-22/h1-8,16,18-19,40-41H,9-15H2,(H,35,38)(H,37,39). The van der Waals surface area contributed by atoms with Crippen LogP contribution in [0.3, 0.4) is 0 Å². The van der Waals surface area contributed by atoms with Crippen LogP contribution in [0.5, 0.6) is 5.75 Å². The van der Waals surface area contributed by atoms with Gasteiger partial charge in [-0.15, -0.1) is 13.2 Å². The largest absolute Gasteiger partial charge is 0.573 e. The van der Waals surface area contributed by atoms with Crippen molar-refractivity contribution in [1.29, 1.82) is 0 Å². The van der Waals surface area contributed by atoms with Gasteiger partial charge in [0.2, 0.25) is 5.92 Å². The Kier molecular flexibility index (Phi) is 9.26. The third kappa shape index (κ3) is 7.68. The molecular formula is C28H29F5N4O5. The van der Waals surface area contributed by atoms with Gasteiger partial charge in [0.1, 0.15) is 17.0 Å². The number of carbonyl (C=O) groups is 2. The number of amides is 2. The fourth-order valence-corrected chi connectivity index (χ4v) is 5.23. The molecule has 1 saturated carbocycles. The van der Waals surface area contributed by atoms with E-state index >= 15 is 0 Å². The zero-order valence-electron chi connectivity index (χ0n) is 22.2. The summed E-state index contributed by atoms with van der Waals surface area (Å²) in [7, 11) is 0. The van der Waals surface area contributed by atoms with Gasteiger partial charge < -0.3 is 15.2 Å². The lowest BCUT2D eigenvalue weighted by molar-refractivity contribution is -0.274. The van der Waals surface area contributed by atoms with Gasteiger partial charge in [-0.05, 0) is 61.8 Å². The summed E-state index contributed by atoms with van der Waals surface area (Å²) in [5.74, 6) is -6.32. The van der Waals surface area contributed by atoms with E-state index in [1.807, 2.05) is 0 Å². The summed E-state index contributed by atoms with van der Waals surface area (Å²) in [4.78, 5) is 34.3. The molecule has 2 unspecified atom stereocenters. The van der Waals surface area contributed by atoms with E-state index < -0.39 is 66.7 Å². The third-order valence-corrected chi connectivity index (χ3v) is 7.44. The van der Waals surface area contributed by atoms with E-state index in [0.29, 0.717) is 11.0 Å². The topological polar surface area (TPSA) is 134 Å². The van der Waals surface area contributed by atoms with Gasteiger partial charge in [0, 0.05) is 18.9 Å². The highest BCUT2D eigenvalue weighted by molar-refractivity contribution is 5.94. The van der Waals surface area contributed by atoms with Gasteiger partial charge in [0.15, 0.2) is 0 Å². The minimum absolute atomic E-state index is 0.0668. The number of aromatic nitrogens is 2. The molecule has 1 aliphatic carbocycles. The number of rotatable bonds is 10. The second-order valence-electron chi connectivity index (χ2n) is 10.3. The van der Waals surface area contributed by atoms with Crippen molar-refractivity contribution < 1.29 is 46.6 Å². The van der Waals surface area contributed by atoms with Crippen molar-refractivity contribution in [2.24, 2.45) is 5.92 Å². The van der Waals surface area contributed by atoms with Crippen LogP contribution in [0.15, 0.2) is 54.7 Å². The first-order valence-electron chi connectivity index (χ1n) is 13.2. The summed E-state index contributed by atoms with van der Waals surface area (Å²) < 4.78 is 70.8. The van der Waals surface area contributed by atoms with Crippen LogP contribution >= 0.6 is 0 Å². The van der Waals surface area contributed by atoms with Crippen molar-refractivity contribution in [3.63, 3.8) is 0 Å². The number of benzene rings is 2. The van der Waals surface area contributed by atoms with Crippen LogP contribution in [-0.4, -0.2) is 56.0 Å². The molecule has 14 heteroatoms. The maximum atomic E-state index is 13.8. The molecule has 0 aliphatic heterocycles. The summed E-state index contributed by atoms with van der Waals surface area (Å²) in [5, 5.41) is 23.3. The maximum Gasteiger partial charge on any atom is 0.573 e. The number of para-hydroxylation sites is 3. The van der Waals surface area contributed by atoms with E-state index in [2.05, 4.69) is 20.0 Å². The molecule has 4 N–H and O–H groups in total. The van der Waals surface area contributed by atoms with Crippen molar-refractivity contribution in [1.82, 2.24) is 20.8 Å². The average Bonchev–Trinajstić information content (AvgIpc) is 2.95. The summed E-state index contributed by atoms with van der Waals surface area (Å²) >= 11 is 0. The number of hydrogen-bond donors (Lipinski definition) is 4. The molecule has 2 atom stereocenters. The van der Waals surface area contributed by atoms with Crippen LogP contribution < -0.4 is 15.5 Å². The van der Waals surface area contributed by atoms with Gasteiger partial charge in [-0.1, -0.05) is 30.3 Å². The molecule has 1 aromatic heterocycles. The number of halogens is 5. The summed E-state index contributed by atoms with van der Waals surface area (Å²) in [5.41, 5.74) is 0.0303. The zero-order chi connectivity index (χ0) is 30.5. The fourth-order valence-electron chi connectivity index (χ4n) is 5.23. The minimum Gasteiger partial charge on any atom is -0.406 e. The minimum atomic E-state index is -4.99. The smallest absolute Gasteiger partial charge is 0.406 e. The lowest BCUT2D eigenvalue weighted by Gasteiger charge is -2.39. The molecule has 226 valence electrons. The number of carbonyl (C=O) groups excluding carboxylic acids is 2. The summed E-state index contributed by atoms with van der Waals surface area (Å²) in [6, 6.07) is 11.1. The fraction of sp³-hybridized carbons (Fsp3) is 0.429. The summed E-state index contributed by atoms with van der Waals surface area (Å²) in [6.07, 6.45) is -6.13. The van der Waals surface area contributed by atoms with E-state index in [0.717, 1.165) is 6.07 Å². The molecule has 3 aromatic rings. The Balaban J connectivity index is 1.60. The molecular weight excluding hydrogens is 567 g/mol. The second kappa shape index (κ2) is 12.5. The molecule has 2 amide bonds. The van der Waals surface area contributed by atoms with E-state index in [9.17, 15) is 41.9 Å². The normalized spacial score (nSPS) is 17.7. The number of ether oxygens (including phenoxy) is 1. The van der Waals surface area contributed by atoms with Gasteiger partial charge in [-0.3, -0.25) is 19.8 Å². The van der Waals surface area contributed by atoms with Crippen molar-refractivity contribution in [2.45, 2.75) is 68.9 Å². The number of hydrogen-bond acceptors (Lipinski definition) is 7. The highest BCUT2D eigenvalue weighted by atomic mass is 19.4. The molecule has 1 fully saturated rings. The highest BCUT2D eigenvalue weighted by Gasteiger charge is 2.48. The van der Waals surface area contributed by atoms with E-state index in [-0.39, 0.29) is 36.9 Å². The van der Waals surface area contributed by atoms with Crippen LogP contribution in [-0.2, 0) is 11.2 Å². The number of aliphatic hydroxyl groups is 1. The Hall–Kier alpha value is -3.91. The molecule has 2 aromatic carbocycles. The molecule has 9 nitrogen and oxygen atoms in total. The average molecular weight is 597 g/mol. The Morgan fingerprint density at radius 2 is 1.69 bits per heavy atom. The first-order chi connectivity index (χ1) is 19.8. The zero-order valence-corrected chi connectivity index (χ0v) is 22.2. The molecule has 0 spiro atoms. The van der Waals surface area contributed by atoms with E-state index in [4.69, 9.17) is 0 Å². The van der Waals surface area contributed by atoms with Crippen molar-refractivity contribution in [2.75, 3.05) is 0 Å². The van der Waals surface area contributed by atoms with Crippen LogP contribution in [0.1, 0.15) is 54.6 Å². The molecule has 0 saturated heterocycles. The molecule has 0 radical (unpaired) electrons. The monoisotopic (exact) mass is 596 g/mol. The Morgan fingerprint density at radius 1 is 1.05 bits per heavy atom. The first-order valence-corrected chi connectivity index (χ1v) is 13.2. The van der Waals surface area contributed by atoms with Crippen molar-refractivity contribution >= 4 is 22.8 Å². The number of nitrogens with one attached hydrogen (secondary N) is 2. The molecule has 0 bridgehead atoms. The predicted molar refractivity (Wildman–Crippen MR) is 139 cm³/mol. The molecule has 1 heterocycles. The van der Waals surface area contributed by atoms with Crippen LogP contribution in [0.2, 0.25) is 0 Å². The van der Waals surface area contributed by atoms with Crippen LogP contribution in [0.25, 0.3) is 11.0 Å². The quantitative estimate of drug-likeness (QED) is 0.151. The molecule has 1 aliphatic rings. The first kappa shape index (κ1) is 31.0. The number of alkyl halides is 5. The number of fused-ring (bicyclic) bond motifs is 1. The Bertz CT molecular complexity index is 1410. The molecule has 42 heavy (non-hydrogen) atoms. The van der Waals surface area contributed by atoms with Crippen LogP contribution in [0, 0.1) is 5.92 Å². The van der Waals surface area contributed by atoms with E-state index in [1.54, 1.807) is 24.3 Å². The van der Waals surface area contributed by atoms with Gasteiger partial charge >= 0.3 is 6.36 Å². The SMILES string of the molecule is O=C(NC(CCC(O)(C(=O)NO)C1CCC(F)(F)CC1)Cc1ccccc1OC(F)(F)F)c1cnc2ccccc2n1. The van der Waals surface area contributed by atoms with Crippen molar-refractivity contribution in [3.8, 4) is 5.75 Å². The van der Waals surface area contributed by atoms with Gasteiger partial charge in [0.05, 0.1) is 17.2 Å². The second-order valence-corrected chi connectivity index (χ2v) is 10.3. The number of nitrogens with zero attached hydrogens (tertiary/aromatic N) is 2.